The lowest BCUT2D eigenvalue weighted by atomic mass is 9.78. The predicted molar refractivity (Wildman–Crippen MR) is 88.1 cm³/mol. The van der Waals surface area contributed by atoms with Crippen LogP contribution in [-0.4, -0.2) is 19.3 Å². The van der Waals surface area contributed by atoms with Crippen LogP contribution in [0, 0.1) is 5.92 Å². The number of nitrogens with one attached hydrogen (secondary N) is 1. The van der Waals surface area contributed by atoms with E-state index in [0.717, 1.165) is 35.1 Å². The van der Waals surface area contributed by atoms with Crippen LogP contribution < -0.4 is 5.32 Å². The number of benzene rings is 1. The molecule has 1 aliphatic carbocycles. The summed E-state index contributed by atoms with van der Waals surface area (Å²) in [6, 6.07) is 5.96. The number of hydrogen-bond donors (Lipinski definition) is 1. The molecule has 1 aromatic carbocycles. The number of hydrogen-bond acceptors (Lipinski definition) is 2. The molecule has 0 bridgehead atoms. The second-order valence-electron chi connectivity index (χ2n) is 6.39. The van der Waals surface area contributed by atoms with Gasteiger partial charge in [0.15, 0.2) is 0 Å². The lowest BCUT2D eigenvalue weighted by Crippen LogP contribution is -2.41. The first kappa shape index (κ1) is 15.6. The Bertz CT molecular complexity index is 479. The van der Waals surface area contributed by atoms with Crippen LogP contribution in [0.5, 0.6) is 0 Å². The maximum absolute atomic E-state index is 6.42. The Kier molecular flexibility index (Phi) is 4.80. The molecule has 0 aromatic heterocycles. The minimum Gasteiger partial charge on any atom is -0.375 e. The van der Waals surface area contributed by atoms with Crippen molar-refractivity contribution in [2.45, 2.75) is 50.2 Å². The SMILES string of the molecule is CNC(c1c(Cl)cccc1Cl)C1CCOC2(CCCC2)C1. The van der Waals surface area contributed by atoms with Crippen molar-refractivity contribution in [2.24, 2.45) is 5.92 Å². The van der Waals surface area contributed by atoms with Gasteiger partial charge in [0.2, 0.25) is 0 Å². The molecule has 2 unspecified atom stereocenters. The molecule has 116 valence electrons. The summed E-state index contributed by atoms with van der Waals surface area (Å²) < 4.78 is 6.15. The Morgan fingerprint density at radius 3 is 2.52 bits per heavy atom. The highest BCUT2D eigenvalue weighted by atomic mass is 35.5. The van der Waals surface area contributed by atoms with Gasteiger partial charge in [0.25, 0.3) is 0 Å². The molecule has 21 heavy (non-hydrogen) atoms. The molecular weight excluding hydrogens is 305 g/mol. The third-order valence-corrected chi connectivity index (χ3v) is 5.80. The molecule has 3 rings (SSSR count). The molecular formula is C17H23Cl2NO. The zero-order chi connectivity index (χ0) is 14.9. The maximum Gasteiger partial charge on any atom is 0.0686 e. The van der Waals surface area contributed by atoms with Crippen LogP contribution in [-0.2, 0) is 4.74 Å². The third-order valence-electron chi connectivity index (χ3n) is 5.14. The highest BCUT2D eigenvalue weighted by Crippen LogP contribution is 2.46. The molecule has 1 heterocycles. The highest BCUT2D eigenvalue weighted by Gasteiger charge is 2.42. The molecule has 0 amide bonds. The van der Waals surface area contributed by atoms with Crippen LogP contribution in [0.2, 0.25) is 10.0 Å². The minimum atomic E-state index is 0.117. The summed E-state index contributed by atoms with van der Waals surface area (Å²) in [4.78, 5) is 0. The topological polar surface area (TPSA) is 21.3 Å². The lowest BCUT2D eigenvalue weighted by molar-refractivity contribution is -0.0978. The first-order valence-electron chi connectivity index (χ1n) is 7.90. The van der Waals surface area contributed by atoms with Crippen LogP contribution in [0.3, 0.4) is 0 Å². The van der Waals surface area contributed by atoms with E-state index in [1.54, 1.807) is 0 Å². The number of ether oxygens (including phenoxy) is 1. The van der Waals surface area contributed by atoms with E-state index in [4.69, 9.17) is 27.9 Å². The van der Waals surface area contributed by atoms with E-state index in [2.05, 4.69) is 5.32 Å². The molecule has 2 fully saturated rings. The largest absolute Gasteiger partial charge is 0.375 e. The Balaban J connectivity index is 1.86. The summed E-state index contributed by atoms with van der Waals surface area (Å²) in [7, 11) is 2.00. The van der Waals surface area contributed by atoms with Gasteiger partial charge in [0.05, 0.1) is 5.60 Å². The minimum absolute atomic E-state index is 0.117. The van der Waals surface area contributed by atoms with Gasteiger partial charge in [0.1, 0.15) is 0 Å². The standard InChI is InChI=1S/C17H23Cl2NO/c1-20-16(15-13(18)5-4-6-14(15)19)12-7-10-21-17(11-12)8-2-3-9-17/h4-6,12,16,20H,2-3,7-11H2,1H3. The fourth-order valence-electron chi connectivity index (χ4n) is 4.14. The first-order valence-corrected chi connectivity index (χ1v) is 8.66. The van der Waals surface area contributed by atoms with Crippen molar-refractivity contribution in [1.29, 1.82) is 0 Å². The van der Waals surface area contributed by atoms with E-state index >= 15 is 0 Å². The zero-order valence-corrected chi connectivity index (χ0v) is 14.0. The number of rotatable bonds is 3. The van der Waals surface area contributed by atoms with Gasteiger partial charge in [-0.15, -0.1) is 0 Å². The van der Waals surface area contributed by atoms with E-state index in [0.29, 0.717) is 5.92 Å². The average Bonchev–Trinajstić information content (AvgIpc) is 2.91. The Morgan fingerprint density at radius 1 is 1.24 bits per heavy atom. The van der Waals surface area contributed by atoms with Crippen molar-refractivity contribution in [3.63, 3.8) is 0 Å². The van der Waals surface area contributed by atoms with E-state index < -0.39 is 0 Å². The summed E-state index contributed by atoms with van der Waals surface area (Å²) in [5.41, 5.74) is 1.16. The van der Waals surface area contributed by atoms with Gasteiger partial charge in [-0.2, -0.15) is 0 Å². The molecule has 4 heteroatoms. The monoisotopic (exact) mass is 327 g/mol. The van der Waals surface area contributed by atoms with Crippen molar-refractivity contribution in [1.82, 2.24) is 5.32 Å². The average molecular weight is 328 g/mol. The molecule has 2 atom stereocenters. The van der Waals surface area contributed by atoms with Crippen molar-refractivity contribution in [2.75, 3.05) is 13.7 Å². The van der Waals surface area contributed by atoms with Crippen LogP contribution in [0.15, 0.2) is 18.2 Å². The summed E-state index contributed by atoms with van der Waals surface area (Å²) in [5, 5.41) is 4.97. The molecule has 1 saturated heterocycles. The second kappa shape index (κ2) is 6.45. The number of halogens is 2. The fraction of sp³-hybridized carbons (Fsp3) is 0.647. The molecule has 1 N–H and O–H groups in total. The van der Waals surface area contributed by atoms with Gasteiger partial charge in [-0.1, -0.05) is 42.1 Å². The molecule has 1 aromatic rings. The van der Waals surface area contributed by atoms with Gasteiger partial charge < -0.3 is 10.1 Å². The molecule has 1 spiro atoms. The highest BCUT2D eigenvalue weighted by molar-refractivity contribution is 6.36. The maximum atomic E-state index is 6.42. The quantitative estimate of drug-likeness (QED) is 0.844. The van der Waals surface area contributed by atoms with Crippen LogP contribution in [0.4, 0.5) is 0 Å². The second-order valence-corrected chi connectivity index (χ2v) is 7.21. The molecule has 0 radical (unpaired) electrons. The molecule has 1 aliphatic heterocycles. The molecule has 1 saturated carbocycles. The zero-order valence-electron chi connectivity index (χ0n) is 12.5. The first-order chi connectivity index (χ1) is 10.2. The normalized spacial score (nSPS) is 26.1. The summed E-state index contributed by atoms with van der Waals surface area (Å²) in [6.45, 7) is 0.852. The van der Waals surface area contributed by atoms with E-state index in [1.807, 2.05) is 25.2 Å². The third kappa shape index (κ3) is 3.10. The summed E-state index contributed by atoms with van der Waals surface area (Å²) >= 11 is 12.8. The van der Waals surface area contributed by atoms with Crippen molar-refractivity contribution < 1.29 is 4.74 Å². The predicted octanol–water partition coefficient (Wildman–Crippen LogP) is 4.99. The molecule has 2 nitrogen and oxygen atoms in total. The van der Waals surface area contributed by atoms with Crippen LogP contribution >= 0.6 is 23.2 Å². The van der Waals surface area contributed by atoms with Crippen LogP contribution in [0.1, 0.15) is 50.1 Å². The molecule has 2 aliphatic rings. The van der Waals surface area contributed by atoms with Gasteiger partial charge in [-0.25, -0.2) is 0 Å². The van der Waals surface area contributed by atoms with E-state index in [1.165, 1.54) is 25.7 Å². The van der Waals surface area contributed by atoms with Gasteiger partial charge >= 0.3 is 0 Å². The van der Waals surface area contributed by atoms with Gasteiger partial charge in [0, 0.05) is 28.3 Å². The van der Waals surface area contributed by atoms with Gasteiger partial charge in [-0.05, 0) is 50.8 Å². The van der Waals surface area contributed by atoms with E-state index in [-0.39, 0.29) is 11.6 Å². The Morgan fingerprint density at radius 2 is 1.90 bits per heavy atom. The van der Waals surface area contributed by atoms with Crippen LogP contribution in [0.25, 0.3) is 0 Å². The summed E-state index contributed by atoms with van der Waals surface area (Å²) in [6.07, 6.45) is 7.18. The van der Waals surface area contributed by atoms with E-state index in [9.17, 15) is 0 Å². The van der Waals surface area contributed by atoms with Gasteiger partial charge in [-0.3, -0.25) is 0 Å². The van der Waals surface area contributed by atoms with Crippen molar-refractivity contribution in [3.05, 3.63) is 33.8 Å². The Labute approximate surface area is 137 Å². The smallest absolute Gasteiger partial charge is 0.0686 e. The van der Waals surface area contributed by atoms with Crippen molar-refractivity contribution in [3.8, 4) is 0 Å². The fourth-order valence-corrected chi connectivity index (χ4v) is 4.77. The lowest BCUT2D eigenvalue weighted by Gasteiger charge is -2.41. The summed E-state index contributed by atoms with van der Waals surface area (Å²) in [5.74, 6) is 0.527. The Hall–Kier alpha value is -0.280. The van der Waals surface area contributed by atoms with Crippen molar-refractivity contribution >= 4 is 23.2 Å².